The molecule has 0 saturated carbocycles. The fourth-order valence-corrected chi connectivity index (χ4v) is 5.23. The molecule has 8 heteroatoms. The van der Waals surface area contributed by atoms with E-state index < -0.39 is 16.1 Å². The van der Waals surface area contributed by atoms with Crippen LogP contribution >= 0.6 is 0 Å². The third-order valence-corrected chi connectivity index (χ3v) is 6.94. The molecule has 5 rings (SSSR count). The van der Waals surface area contributed by atoms with Crippen molar-refractivity contribution >= 4 is 21.1 Å². The number of nitrogens with one attached hydrogen (secondary N) is 1. The first-order valence-electron chi connectivity index (χ1n) is 10.1. The summed E-state index contributed by atoms with van der Waals surface area (Å²) in [4.78, 5) is 9.16. The summed E-state index contributed by atoms with van der Waals surface area (Å²) in [6, 6.07) is 16.7. The highest BCUT2D eigenvalue weighted by Crippen LogP contribution is 2.27. The number of aromatic nitrogens is 4. The Kier molecular flexibility index (Phi) is 4.67. The van der Waals surface area contributed by atoms with E-state index >= 15 is 0 Å². The SMILES string of the molecule is Cn1c([C@@H](NS(=O)(=O)c2cn3c(n2)CCCC3)c2ccccc2)nc2ccccc21. The molecule has 0 bridgehead atoms. The molecule has 1 aliphatic rings. The van der Waals surface area contributed by atoms with Crippen molar-refractivity contribution in [3.8, 4) is 0 Å². The Morgan fingerprint density at radius 2 is 1.77 bits per heavy atom. The maximum Gasteiger partial charge on any atom is 0.260 e. The van der Waals surface area contributed by atoms with E-state index in [1.165, 1.54) is 0 Å². The Bertz CT molecular complexity index is 1280. The van der Waals surface area contributed by atoms with E-state index in [9.17, 15) is 8.42 Å². The predicted molar refractivity (Wildman–Crippen MR) is 114 cm³/mol. The number of imidazole rings is 2. The van der Waals surface area contributed by atoms with Crippen LogP contribution in [-0.2, 0) is 30.0 Å². The summed E-state index contributed by atoms with van der Waals surface area (Å²) < 4.78 is 33.4. The normalized spacial score (nSPS) is 15.2. The van der Waals surface area contributed by atoms with Crippen molar-refractivity contribution in [1.29, 1.82) is 0 Å². The number of para-hydroxylation sites is 2. The lowest BCUT2D eigenvalue weighted by molar-refractivity contribution is 0.522. The maximum atomic E-state index is 13.3. The fourth-order valence-electron chi connectivity index (χ4n) is 4.07. The molecule has 0 radical (unpaired) electrons. The molecule has 1 aliphatic heterocycles. The molecule has 0 amide bonds. The minimum absolute atomic E-state index is 0.0686. The van der Waals surface area contributed by atoms with Crippen molar-refractivity contribution in [2.24, 2.45) is 7.05 Å². The molecule has 7 nitrogen and oxygen atoms in total. The lowest BCUT2D eigenvalue weighted by atomic mass is 10.1. The van der Waals surface area contributed by atoms with Gasteiger partial charge in [0.1, 0.15) is 17.7 Å². The zero-order valence-electron chi connectivity index (χ0n) is 16.7. The molecule has 154 valence electrons. The maximum absolute atomic E-state index is 13.3. The van der Waals surface area contributed by atoms with E-state index in [2.05, 4.69) is 9.71 Å². The van der Waals surface area contributed by atoms with Crippen LogP contribution in [0.5, 0.6) is 0 Å². The first-order chi connectivity index (χ1) is 14.5. The number of nitrogens with zero attached hydrogens (tertiary/aromatic N) is 4. The molecule has 0 aliphatic carbocycles. The molecule has 4 aromatic rings. The Balaban J connectivity index is 1.59. The Morgan fingerprint density at radius 1 is 1.00 bits per heavy atom. The van der Waals surface area contributed by atoms with Gasteiger partial charge < -0.3 is 9.13 Å². The highest BCUT2D eigenvalue weighted by Gasteiger charge is 2.29. The number of hydrogen-bond donors (Lipinski definition) is 1. The molecule has 3 heterocycles. The highest BCUT2D eigenvalue weighted by molar-refractivity contribution is 7.89. The lowest BCUT2D eigenvalue weighted by Gasteiger charge is -2.18. The topological polar surface area (TPSA) is 81.8 Å². The van der Waals surface area contributed by atoms with Gasteiger partial charge in [-0.2, -0.15) is 4.72 Å². The Hall–Kier alpha value is -2.97. The van der Waals surface area contributed by atoms with Gasteiger partial charge in [-0.05, 0) is 30.5 Å². The van der Waals surface area contributed by atoms with Crippen LogP contribution in [0.25, 0.3) is 11.0 Å². The van der Waals surface area contributed by atoms with E-state index in [4.69, 9.17) is 4.98 Å². The summed E-state index contributed by atoms with van der Waals surface area (Å²) in [6.45, 7) is 0.810. The molecule has 30 heavy (non-hydrogen) atoms. The van der Waals surface area contributed by atoms with E-state index in [-0.39, 0.29) is 5.03 Å². The quantitative estimate of drug-likeness (QED) is 0.537. The third kappa shape index (κ3) is 3.32. The minimum atomic E-state index is -3.84. The fraction of sp³-hybridized carbons (Fsp3) is 0.273. The van der Waals surface area contributed by atoms with Crippen LogP contribution in [0.3, 0.4) is 0 Å². The van der Waals surface area contributed by atoms with Gasteiger partial charge in [-0.25, -0.2) is 18.4 Å². The van der Waals surface area contributed by atoms with Crippen LogP contribution in [0.1, 0.15) is 36.1 Å². The lowest BCUT2D eigenvalue weighted by Crippen LogP contribution is -2.31. The molecule has 1 atom stereocenters. The molecular formula is C22H23N5O2S. The van der Waals surface area contributed by atoms with Gasteiger partial charge in [0.05, 0.1) is 11.0 Å². The predicted octanol–water partition coefficient (Wildman–Crippen LogP) is 3.17. The second-order valence-electron chi connectivity index (χ2n) is 7.63. The van der Waals surface area contributed by atoms with Crippen LogP contribution in [0.15, 0.2) is 65.8 Å². The van der Waals surface area contributed by atoms with Crippen LogP contribution in [0, 0.1) is 0 Å². The van der Waals surface area contributed by atoms with Crippen molar-refractivity contribution in [2.45, 2.75) is 36.9 Å². The average Bonchev–Trinajstić information content (AvgIpc) is 3.35. The summed E-state index contributed by atoms with van der Waals surface area (Å²) in [7, 11) is -1.93. The van der Waals surface area contributed by atoms with Gasteiger partial charge in [-0.3, -0.25) is 0 Å². The summed E-state index contributed by atoms with van der Waals surface area (Å²) >= 11 is 0. The Labute approximate surface area is 175 Å². The van der Waals surface area contributed by atoms with Crippen molar-refractivity contribution in [1.82, 2.24) is 23.8 Å². The smallest absolute Gasteiger partial charge is 0.260 e. The molecule has 0 unspecified atom stereocenters. The Morgan fingerprint density at radius 3 is 2.53 bits per heavy atom. The summed E-state index contributed by atoms with van der Waals surface area (Å²) in [5.74, 6) is 1.47. The first-order valence-corrected chi connectivity index (χ1v) is 11.6. The number of rotatable bonds is 5. The molecule has 1 N–H and O–H groups in total. The monoisotopic (exact) mass is 421 g/mol. The number of sulfonamides is 1. The first kappa shape index (κ1) is 19.0. The van der Waals surface area contributed by atoms with Crippen molar-refractivity contribution in [2.75, 3.05) is 0 Å². The summed E-state index contributed by atoms with van der Waals surface area (Å²) in [5.41, 5.74) is 2.60. The van der Waals surface area contributed by atoms with Gasteiger partial charge in [0.2, 0.25) is 0 Å². The van der Waals surface area contributed by atoms with Crippen molar-refractivity contribution < 1.29 is 8.42 Å². The number of hydrogen-bond acceptors (Lipinski definition) is 4. The molecule has 0 fully saturated rings. The molecule has 2 aromatic carbocycles. The highest BCUT2D eigenvalue weighted by atomic mass is 32.2. The standard InChI is InChI=1S/C22H23N5O2S/c1-26-18-12-6-5-11-17(18)23-22(26)21(16-9-3-2-4-10-16)25-30(28,29)20-15-27-14-8-7-13-19(27)24-20/h2-6,9-12,15,21,25H,7-8,13-14H2,1H3/t21-/m0/s1. The van der Waals surface area contributed by atoms with Crippen molar-refractivity contribution in [3.05, 3.63) is 78.0 Å². The van der Waals surface area contributed by atoms with Crippen LogP contribution in [0.2, 0.25) is 0 Å². The number of aryl methyl sites for hydroxylation is 3. The van der Waals surface area contributed by atoms with Gasteiger partial charge in [-0.15, -0.1) is 0 Å². The van der Waals surface area contributed by atoms with Gasteiger partial charge in [0.25, 0.3) is 10.0 Å². The van der Waals surface area contributed by atoms with Gasteiger partial charge >= 0.3 is 0 Å². The van der Waals surface area contributed by atoms with Crippen molar-refractivity contribution in [3.63, 3.8) is 0 Å². The zero-order valence-corrected chi connectivity index (χ0v) is 17.5. The summed E-state index contributed by atoms with van der Waals surface area (Å²) in [5, 5.41) is 0.0686. The molecular weight excluding hydrogens is 398 g/mol. The third-order valence-electron chi connectivity index (χ3n) is 5.65. The zero-order chi connectivity index (χ0) is 20.7. The second-order valence-corrected chi connectivity index (χ2v) is 9.29. The van der Waals surface area contributed by atoms with E-state index in [1.807, 2.05) is 70.8 Å². The van der Waals surface area contributed by atoms with Gasteiger partial charge in [-0.1, -0.05) is 42.5 Å². The summed E-state index contributed by atoms with van der Waals surface area (Å²) in [6.07, 6.45) is 4.54. The van der Waals surface area contributed by atoms with E-state index in [0.717, 1.165) is 48.2 Å². The number of fused-ring (bicyclic) bond motifs is 2. The van der Waals surface area contributed by atoms with E-state index in [1.54, 1.807) is 6.20 Å². The molecule has 0 saturated heterocycles. The van der Waals surface area contributed by atoms with Crippen LogP contribution < -0.4 is 4.72 Å². The van der Waals surface area contributed by atoms with E-state index in [0.29, 0.717) is 5.82 Å². The van der Waals surface area contributed by atoms with Gasteiger partial charge in [0, 0.05) is 26.2 Å². The number of benzene rings is 2. The minimum Gasteiger partial charge on any atom is -0.333 e. The molecule has 0 spiro atoms. The largest absolute Gasteiger partial charge is 0.333 e. The second kappa shape index (κ2) is 7.37. The molecule has 2 aromatic heterocycles. The average molecular weight is 422 g/mol. The van der Waals surface area contributed by atoms with Crippen LogP contribution in [0.4, 0.5) is 0 Å². The van der Waals surface area contributed by atoms with Crippen LogP contribution in [-0.4, -0.2) is 27.5 Å². The van der Waals surface area contributed by atoms with Gasteiger partial charge in [0.15, 0.2) is 5.03 Å².